The number of piperazine rings is 1. The minimum Gasteiger partial charge on any atom is -0.454 e. The van der Waals surface area contributed by atoms with E-state index in [1.807, 2.05) is 18.2 Å². The standard InChI is InChI=1S/C27H32N4O5/c1-4-34-27(33)30-11-9-29(10-12-30)16-26(32)31-23(20-6-8-24-25(14-20)36-17-35-24)15-22(28-31)21-7-5-18(2)13-19(21)3/h5-8,13-14,23H,4,9-12,15-17H2,1-3H3/t23-/m1/s1. The molecule has 2 aromatic rings. The largest absolute Gasteiger partial charge is 0.454 e. The number of fused-ring (bicyclic) bond motifs is 1. The third-order valence-electron chi connectivity index (χ3n) is 6.90. The van der Waals surface area contributed by atoms with Crippen molar-refractivity contribution in [1.82, 2.24) is 14.8 Å². The topological polar surface area (TPSA) is 83.9 Å². The van der Waals surface area contributed by atoms with Crippen LogP contribution < -0.4 is 9.47 Å². The molecular formula is C27H32N4O5. The number of hydrazone groups is 1. The zero-order valence-corrected chi connectivity index (χ0v) is 21.0. The number of hydrogen-bond donors (Lipinski definition) is 0. The number of ether oxygens (including phenoxy) is 3. The first kappa shape index (κ1) is 24.1. The van der Waals surface area contributed by atoms with Crippen LogP contribution in [0.1, 0.15) is 41.6 Å². The quantitative estimate of drug-likeness (QED) is 0.636. The maximum absolute atomic E-state index is 13.6. The third kappa shape index (κ3) is 4.88. The molecule has 0 unspecified atom stereocenters. The second-order valence-electron chi connectivity index (χ2n) is 9.40. The lowest BCUT2D eigenvalue weighted by atomic mass is 9.95. The zero-order valence-electron chi connectivity index (χ0n) is 21.0. The maximum atomic E-state index is 13.6. The Hall–Kier alpha value is -3.59. The predicted molar refractivity (Wildman–Crippen MR) is 134 cm³/mol. The number of carbonyl (C=O) groups is 2. The summed E-state index contributed by atoms with van der Waals surface area (Å²) in [6.45, 7) is 9.04. The Morgan fingerprint density at radius 3 is 2.56 bits per heavy atom. The van der Waals surface area contributed by atoms with Crippen molar-refractivity contribution >= 4 is 17.7 Å². The number of hydrogen-bond acceptors (Lipinski definition) is 7. The van der Waals surface area contributed by atoms with Crippen molar-refractivity contribution in [2.24, 2.45) is 5.10 Å². The van der Waals surface area contributed by atoms with Crippen molar-refractivity contribution in [1.29, 1.82) is 0 Å². The van der Waals surface area contributed by atoms with Crippen molar-refractivity contribution < 1.29 is 23.8 Å². The Labute approximate surface area is 211 Å². The van der Waals surface area contributed by atoms with Gasteiger partial charge in [0.1, 0.15) is 0 Å². The summed E-state index contributed by atoms with van der Waals surface area (Å²) >= 11 is 0. The van der Waals surface area contributed by atoms with E-state index in [4.69, 9.17) is 19.3 Å². The Morgan fingerprint density at radius 2 is 1.81 bits per heavy atom. The van der Waals surface area contributed by atoms with E-state index in [0.29, 0.717) is 50.7 Å². The van der Waals surface area contributed by atoms with Crippen LogP contribution in [0.3, 0.4) is 0 Å². The molecule has 0 bridgehead atoms. The van der Waals surface area contributed by atoms with Crippen LogP contribution in [0.2, 0.25) is 0 Å². The zero-order chi connectivity index (χ0) is 25.2. The molecule has 9 heteroatoms. The highest BCUT2D eigenvalue weighted by molar-refractivity contribution is 6.04. The molecule has 3 aliphatic heterocycles. The van der Waals surface area contributed by atoms with Gasteiger partial charge in [-0.15, -0.1) is 0 Å². The summed E-state index contributed by atoms with van der Waals surface area (Å²) in [5.74, 6) is 1.33. The average molecular weight is 493 g/mol. The second kappa shape index (κ2) is 10.2. The summed E-state index contributed by atoms with van der Waals surface area (Å²) in [6.07, 6.45) is 0.319. The number of carbonyl (C=O) groups excluding carboxylic acids is 2. The van der Waals surface area contributed by atoms with Crippen LogP contribution in [0, 0.1) is 13.8 Å². The lowest BCUT2D eigenvalue weighted by molar-refractivity contribution is -0.134. The number of aryl methyl sites for hydroxylation is 2. The van der Waals surface area contributed by atoms with Crippen LogP contribution in [-0.2, 0) is 9.53 Å². The van der Waals surface area contributed by atoms with Crippen LogP contribution in [0.4, 0.5) is 4.79 Å². The second-order valence-corrected chi connectivity index (χ2v) is 9.40. The maximum Gasteiger partial charge on any atom is 0.409 e. The van der Waals surface area contributed by atoms with Gasteiger partial charge >= 0.3 is 6.09 Å². The Kier molecular flexibility index (Phi) is 6.82. The fraction of sp³-hybridized carbons (Fsp3) is 0.444. The van der Waals surface area contributed by atoms with Gasteiger partial charge in [-0.3, -0.25) is 9.69 Å². The van der Waals surface area contributed by atoms with Crippen molar-refractivity contribution in [2.75, 3.05) is 46.1 Å². The van der Waals surface area contributed by atoms with Gasteiger partial charge in [0.25, 0.3) is 5.91 Å². The van der Waals surface area contributed by atoms with Crippen LogP contribution in [-0.4, -0.2) is 78.6 Å². The molecule has 0 N–H and O–H groups in total. The van der Waals surface area contributed by atoms with E-state index >= 15 is 0 Å². The summed E-state index contributed by atoms with van der Waals surface area (Å²) < 4.78 is 16.2. The van der Waals surface area contributed by atoms with E-state index in [1.54, 1.807) is 16.8 Å². The SMILES string of the molecule is CCOC(=O)N1CCN(CC(=O)N2N=C(c3ccc(C)cc3C)C[C@@H]2c2ccc3c(c2)OCO3)CC1. The molecule has 0 radical (unpaired) electrons. The van der Waals surface area contributed by atoms with Gasteiger partial charge in [-0.05, 0) is 44.0 Å². The minimum atomic E-state index is -0.298. The van der Waals surface area contributed by atoms with Crippen LogP contribution in [0.5, 0.6) is 11.5 Å². The molecule has 2 aromatic carbocycles. The lowest BCUT2D eigenvalue weighted by Crippen LogP contribution is -2.51. The van der Waals surface area contributed by atoms with Gasteiger partial charge in [0, 0.05) is 38.2 Å². The minimum absolute atomic E-state index is 0.0676. The fourth-order valence-electron chi connectivity index (χ4n) is 4.99. The molecular weight excluding hydrogens is 460 g/mol. The predicted octanol–water partition coefficient (Wildman–Crippen LogP) is 3.48. The number of nitrogens with zero attached hydrogens (tertiary/aromatic N) is 4. The highest BCUT2D eigenvalue weighted by atomic mass is 16.7. The van der Waals surface area contributed by atoms with Crippen molar-refractivity contribution in [2.45, 2.75) is 33.2 Å². The molecule has 3 aliphatic rings. The first-order chi connectivity index (χ1) is 17.4. The molecule has 0 saturated carbocycles. The molecule has 0 aliphatic carbocycles. The summed E-state index contributed by atoms with van der Waals surface area (Å²) in [5, 5.41) is 6.48. The summed E-state index contributed by atoms with van der Waals surface area (Å²) in [5.41, 5.74) is 5.25. The average Bonchev–Trinajstić information content (AvgIpc) is 3.51. The summed E-state index contributed by atoms with van der Waals surface area (Å²) in [7, 11) is 0. The molecule has 190 valence electrons. The molecule has 1 atom stereocenters. The number of benzene rings is 2. The molecule has 0 spiro atoms. The Balaban J connectivity index is 1.35. The fourth-order valence-corrected chi connectivity index (χ4v) is 4.99. The monoisotopic (exact) mass is 492 g/mol. The highest BCUT2D eigenvalue weighted by Gasteiger charge is 2.35. The van der Waals surface area contributed by atoms with Crippen LogP contribution in [0.25, 0.3) is 0 Å². The van der Waals surface area contributed by atoms with Gasteiger partial charge in [-0.2, -0.15) is 5.10 Å². The highest BCUT2D eigenvalue weighted by Crippen LogP contribution is 2.39. The van der Waals surface area contributed by atoms with Crippen molar-refractivity contribution in [3.8, 4) is 11.5 Å². The van der Waals surface area contributed by atoms with E-state index in [-0.39, 0.29) is 31.4 Å². The van der Waals surface area contributed by atoms with Gasteiger partial charge in [0.05, 0.1) is 24.9 Å². The van der Waals surface area contributed by atoms with Crippen LogP contribution in [0.15, 0.2) is 41.5 Å². The summed E-state index contributed by atoms with van der Waals surface area (Å²) in [4.78, 5) is 29.3. The number of amides is 2. The molecule has 5 rings (SSSR count). The molecule has 36 heavy (non-hydrogen) atoms. The molecule has 1 fully saturated rings. The van der Waals surface area contributed by atoms with E-state index in [9.17, 15) is 9.59 Å². The normalized spacial score (nSPS) is 19.4. The van der Waals surface area contributed by atoms with E-state index in [2.05, 4.69) is 36.9 Å². The third-order valence-corrected chi connectivity index (χ3v) is 6.90. The van der Waals surface area contributed by atoms with Crippen LogP contribution >= 0.6 is 0 Å². The van der Waals surface area contributed by atoms with Gasteiger partial charge in [-0.25, -0.2) is 9.80 Å². The van der Waals surface area contributed by atoms with Gasteiger partial charge in [-0.1, -0.05) is 29.8 Å². The van der Waals surface area contributed by atoms with Gasteiger partial charge in [0.15, 0.2) is 11.5 Å². The van der Waals surface area contributed by atoms with Gasteiger partial charge < -0.3 is 19.1 Å². The van der Waals surface area contributed by atoms with Crippen molar-refractivity contribution in [3.05, 3.63) is 58.7 Å². The van der Waals surface area contributed by atoms with E-state index < -0.39 is 0 Å². The smallest absolute Gasteiger partial charge is 0.409 e. The molecule has 1 saturated heterocycles. The lowest BCUT2D eigenvalue weighted by Gasteiger charge is -2.34. The van der Waals surface area contributed by atoms with Crippen molar-refractivity contribution in [3.63, 3.8) is 0 Å². The molecule has 3 heterocycles. The number of rotatable bonds is 5. The van der Waals surface area contributed by atoms with Gasteiger partial charge in [0.2, 0.25) is 6.79 Å². The van der Waals surface area contributed by atoms with E-state index in [0.717, 1.165) is 22.4 Å². The molecule has 9 nitrogen and oxygen atoms in total. The summed E-state index contributed by atoms with van der Waals surface area (Å²) in [6, 6.07) is 11.9. The first-order valence-corrected chi connectivity index (χ1v) is 12.4. The van der Waals surface area contributed by atoms with E-state index in [1.165, 1.54) is 5.56 Å². The Morgan fingerprint density at radius 1 is 1.03 bits per heavy atom. The molecule has 0 aromatic heterocycles. The first-order valence-electron chi connectivity index (χ1n) is 12.4. The Bertz CT molecular complexity index is 1190. The molecule has 2 amide bonds.